The van der Waals surface area contributed by atoms with Crippen LogP contribution in [0, 0.1) is 0 Å². The molecular formula is C10H13Cl2N3O2. The fraction of sp³-hybridized carbons (Fsp3) is 0.500. The third-order valence-electron chi connectivity index (χ3n) is 2.46. The van der Waals surface area contributed by atoms with Crippen LogP contribution in [0.15, 0.2) is 6.07 Å². The molecule has 1 aliphatic heterocycles. The molecule has 2 heterocycles. The molecule has 1 fully saturated rings. The number of nitrogens with two attached hydrogens (primary N) is 1. The van der Waals surface area contributed by atoms with Crippen LogP contribution in [0.4, 0.5) is 5.82 Å². The molecule has 94 valence electrons. The van der Waals surface area contributed by atoms with Gasteiger partial charge in [0, 0.05) is 6.61 Å². The van der Waals surface area contributed by atoms with E-state index in [1.54, 1.807) is 0 Å². The number of pyridine rings is 1. The Kier molecular flexibility index (Phi) is 4.28. The maximum absolute atomic E-state index is 5.96. The van der Waals surface area contributed by atoms with Crippen LogP contribution in [0.1, 0.15) is 12.8 Å². The van der Waals surface area contributed by atoms with Crippen LogP contribution in [0.3, 0.4) is 0 Å². The molecule has 0 amide bonds. The van der Waals surface area contributed by atoms with Gasteiger partial charge >= 0.3 is 0 Å². The van der Waals surface area contributed by atoms with E-state index >= 15 is 0 Å². The highest BCUT2D eigenvalue weighted by molar-refractivity contribution is 6.36. The molecule has 0 bridgehead atoms. The van der Waals surface area contributed by atoms with E-state index in [4.69, 9.17) is 38.5 Å². The van der Waals surface area contributed by atoms with Gasteiger partial charge in [-0.05, 0) is 18.9 Å². The van der Waals surface area contributed by atoms with E-state index < -0.39 is 0 Å². The molecule has 0 spiro atoms. The number of hydrogen-bond acceptors (Lipinski definition) is 5. The molecule has 7 heteroatoms. The lowest BCUT2D eigenvalue weighted by Crippen LogP contribution is -2.17. The van der Waals surface area contributed by atoms with E-state index in [0.717, 1.165) is 19.4 Å². The predicted octanol–water partition coefficient (Wildman–Crippen LogP) is 2.23. The van der Waals surface area contributed by atoms with Crippen molar-refractivity contribution < 1.29 is 9.47 Å². The van der Waals surface area contributed by atoms with Gasteiger partial charge in [0.1, 0.15) is 11.6 Å². The van der Waals surface area contributed by atoms with Crippen molar-refractivity contribution in [2.24, 2.45) is 5.84 Å². The summed E-state index contributed by atoms with van der Waals surface area (Å²) in [4.78, 5) is 4.07. The number of anilines is 1. The third-order valence-corrected chi connectivity index (χ3v) is 3.02. The summed E-state index contributed by atoms with van der Waals surface area (Å²) in [5.41, 5.74) is 2.38. The van der Waals surface area contributed by atoms with Gasteiger partial charge in [0.25, 0.3) is 0 Å². The van der Waals surface area contributed by atoms with Gasteiger partial charge in [0.2, 0.25) is 5.88 Å². The molecule has 0 aliphatic carbocycles. The van der Waals surface area contributed by atoms with E-state index in [0.29, 0.717) is 28.3 Å². The van der Waals surface area contributed by atoms with Gasteiger partial charge in [0.05, 0.1) is 11.1 Å². The van der Waals surface area contributed by atoms with Gasteiger partial charge in [-0.15, -0.1) is 0 Å². The number of ether oxygens (including phenoxy) is 2. The van der Waals surface area contributed by atoms with Gasteiger partial charge < -0.3 is 14.9 Å². The monoisotopic (exact) mass is 277 g/mol. The maximum atomic E-state index is 5.96. The smallest absolute Gasteiger partial charge is 0.234 e. The van der Waals surface area contributed by atoms with Crippen LogP contribution < -0.4 is 16.0 Å². The number of nitrogen functional groups attached to an aromatic ring is 1. The highest BCUT2D eigenvalue weighted by atomic mass is 35.5. The first kappa shape index (κ1) is 12.7. The van der Waals surface area contributed by atoms with E-state index in [2.05, 4.69) is 10.4 Å². The highest BCUT2D eigenvalue weighted by Gasteiger charge is 2.17. The number of nitrogens with one attached hydrogen (secondary N) is 1. The fourth-order valence-electron chi connectivity index (χ4n) is 1.60. The van der Waals surface area contributed by atoms with E-state index in [1.807, 2.05) is 0 Å². The van der Waals surface area contributed by atoms with Crippen molar-refractivity contribution in [1.29, 1.82) is 0 Å². The largest absolute Gasteiger partial charge is 0.474 e. The zero-order chi connectivity index (χ0) is 12.3. The van der Waals surface area contributed by atoms with Crippen molar-refractivity contribution in [2.75, 3.05) is 18.6 Å². The lowest BCUT2D eigenvalue weighted by molar-refractivity contribution is 0.0664. The summed E-state index contributed by atoms with van der Waals surface area (Å²) in [6.07, 6.45) is 2.16. The first-order valence-corrected chi connectivity index (χ1v) is 6.03. The summed E-state index contributed by atoms with van der Waals surface area (Å²) in [6.45, 7) is 1.21. The first-order valence-electron chi connectivity index (χ1n) is 5.27. The highest BCUT2D eigenvalue weighted by Crippen LogP contribution is 2.30. The molecule has 2 rings (SSSR count). The summed E-state index contributed by atoms with van der Waals surface area (Å²) in [5, 5.41) is 0.703. The van der Waals surface area contributed by atoms with E-state index in [9.17, 15) is 0 Å². The molecule has 1 aromatic heterocycles. The zero-order valence-electron chi connectivity index (χ0n) is 9.08. The Labute approximate surface area is 109 Å². The Morgan fingerprint density at radius 1 is 1.53 bits per heavy atom. The molecule has 5 nitrogen and oxygen atoms in total. The van der Waals surface area contributed by atoms with Gasteiger partial charge in [-0.3, -0.25) is 0 Å². The summed E-state index contributed by atoms with van der Waals surface area (Å²) >= 11 is 11.8. The molecule has 1 aliphatic rings. The molecule has 0 saturated carbocycles. The molecule has 1 saturated heterocycles. The van der Waals surface area contributed by atoms with Crippen LogP contribution in [-0.2, 0) is 4.74 Å². The average molecular weight is 278 g/mol. The standard InChI is InChI=1S/C10H13Cl2N3O2/c11-7-4-8(12)10(14-9(7)15-13)17-5-6-2-1-3-16-6/h4,6H,1-3,5,13H2,(H,14,15). The minimum absolute atomic E-state index is 0.109. The van der Waals surface area contributed by atoms with Crippen molar-refractivity contribution in [2.45, 2.75) is 18.9 Å². The first-order chi connectivity index (χ1) is 8.20. The van der Waals surface area contributed by atoms with Crippen molar-refractivity contribution in [3.05, 3.63) is 16.1 Å². The van der Waals surface area contributed by atoms with Crippen molar-refractivity contribution in [3.8, 4) is 5.88 Å². The van der Waals surface area contributed by atoms with Gasteiger partial charge in [-0.1, -0.05) is 23.2 Å². The molecule has 17 heavy (non-hydrogen) atoms. The molecule has 1 atom stereocenters. The molecular weight excluding hydrogens is 265 g/mol. The minimum Gasteiger partial charge on any atom is -0.474 e. The Balaban J connectivity index is 2.03. The van der Waals surface area contributed by atoms with Crippen LogP contribution in [0.25, 0.3) is 0 Å². The summed E-state index contributed by atoms with van der Waals surface area (Å²) in [5.74, 6) is 5.90. The lowest BCUT2D eigenvalue weighted by atomic mass is 10.2. The van der Waals surface area contributed by atoms with Crippen LogP contribution >= 0.6 is 23.2 Å². The molecule has 1 aromatic rings. The van der Waals surface area contributed by atoms with Crippen molar-refractivity contribution in [3.63, 3.8) is 0 Å². The Morgan fingerprint density at radius 2 is 2.35 bits per heavy atom. The quantitative estimate of drug-likeness (QED) is 0.653. The lowest BCUT2D eigenvalue weighted by Gasteiger charge is -2.13. The number of hydrogen-bond donors (Lipinski definition) is 2. The fourth-order valence-corrected chi connectivity index (χ4v) is 2.07. The van der Waals surface area contributed by atoms with Gasteiger partial charge in [0.15, 0.2) is 5.82 Å². The summed E-state index contributed by atoms with van der Waals surface area (Å²) in [6, 6.07) is 1.54. The second kappa shape index (κ2) is 5.73. The second-order valence-corrected chi connectivity index (χ2v) is 4.51. The van der Waals surface area contributed by atoms with Crippen LogP contribution in [0.2, 0.25) is 10.0 Å². The van der Waals surface area contributed by atoms with Crippen molar-refractivity contribution in [1.82, 2.24) is 4.98 Å². The van der Waals surface area contributed by atoms with Crippen molar-refractivity contribution >= 4 is 29.0 Å². The van der Waals surface area contributed by atoms with Crippen LogP contribution in [-0.4, -0.2) is 24.3 Å². The molecule has 0 aromatic carbocycles. The second-order valence-electron chi connectivity index (χ2n) is 3.70. The molecule has 1 unspecified atom stereocenters. The number of rotatable bonds is 4. The maximum Gasteiger partial charge on any atom is 0.234 e. The number of nitrogens with zero attached hydrogens (tertiary/aromatic N) is 1. The van der Waals surface area contributed by atoms with Gasteiger partial charge in [-0.2, -0.15) is 4.98 Å². The number of halogens is 2. The number of aromatic nitrogens is 1. The Hall–Kier alpha value is -0.750. The van der Waals surface area contributed by atoms with E-state index in [-0.39, 0.29) is 6.10 Å². The minimum atomic E-state index is 0.109. The number of hydrazine groups is 1. The van der Waals surface area contributed by atoms with Gasteiger partial charge in [-0.25, -0.2) is 5.84 Å². The Morgan fingerprint density at radius 3 is 3.00 bits per heavy atom. The average Bonchev–Trinajstić information content (AvgIpc) is 2.81. The SMILES string of the molecule is NNc1nc(OCC2CCCO2)c(Cl)cc1Cl. The predicted molar refractivity (Wildman–Crippen MR) is 66.5 cm³/mol. The summed E-state index contributed by atoms with van der Waals surface area (Å²) in [7, 11) is 0. The Bertz CT molecular complexity index is 397. The van der Waals surface area contributed by atoms with Crippen LogP contribution in [0.5, 0.6) is 5.88 Å². The van der Waals surface area contributed by atoms with E-state index in [1.165, 1.54) is 6.07 Å². The normalized spacial score (nSPS) is 19.4. The third kappa shape index (κ3) is 3.13. The topological polar surface area (TPSA) is 69.4 Å². The molecule has 0 radical (unpaired) electrons. The summed E-state index contributed by atoms with van der Waals surface area (Å²) < 4.78 is 10.9. The molecule has 3 N–H and O–H groups in total. The zero-order valence-corrected chi connectivity index (χ0v) is 10.6.